The number of rotatable bonds is 6. The molecule has 3 heterocycles. The molecule has 0 saturated carbocycles. The number of carbonyl (C=O) groups excluding carboxylic acids is 1. The van der Waals surface area contributed by atoms with Crippen molar-refractivity contribution in [2.75, 3.05) is 17.3 Å². The highest BCUT2D eigenvalue weighted by atomic mass is 32.1. The van der Waals surface area contributed by atoms with Gasteiger partial charge < -0.3 is 25.3 Å². The van der Waals surface area contributed by atoms with Crippen molar-refractivity contribution in [1.29, 1.82) is 0 Å². The van der Waals surface area contributed by atoms with E-state index in [4.69, 9.17) is 17.0 Å². The number of H-pyrrole nitrogens is 1. The number of anilines is 2. The van der Waals surface area contributed by atoms with Crippen molar-refractivity contribution < 1.29 is 9.53 Å². The smallest absolute Gasteiger partial charge is 0.224 e. The third-order valence-electron chi connectivity index (χ3n) is 5.66. The molecule has 1 amide bonds. The predicted molar refractivity (Wildman–Crippen MR) is 130 cm³/mol. The number of aryl methyl sites for hydroxylation is 2. The van der Waals surface area contributed by atoms with E-state index in [9.17, 15) is 4.79 Å². The zero-order valence-corrected chi connectivity index (χ0v) is 19.4. The number of thiocarbonyl (C=S) groups is 1. The van der Waals surface area contributed by atoms with Crippen LogP contribution in [0.1, 0.15) is 48.1 Å². The number of pyridine rings is 1. The lowest BCUT2D eigenvalue weighted by molar-refractivity contribution is -0.115. The number of hydrogen-bond donors (Lipinski definition) is 3. The van der Waals surface area contributed by atoms with Gasteiger partial charge in [-0.3, -0.25) is 9.78 Å². The Balaban J connectivity index is 1.80. The lowest BCUT2D eigenvalue weighted by atomic mass is 9.96. The number of ether oxygens (including phenoxy) is 1. The van der Waals surface area contributed by atoms with Gasteiger partial charge in [0.1, 0.15) is 5.75 Å². The van der Waals surface area contributed by atoms with Gasteiger partial charge in [-0.1, -0.05) is 13.0 Å². The Bertz CT molecular complexity index is 1140. The van der Waals surface area contributed by atoms with Gasteiger partial charge in [-0.15, -0.1) is 0 Å². The van der Waals surface area contributed by atoms with E-state index in [-0.39, 0.29) is 18.0 Å². The van der Waals surface area contributed by atoms with Crippen molar-refractivity contribution in [2.45, 2.75) is 39.3 Å². The van der Waals surface area contributed by atoms with Gasteiger partial charge in [-0.25, -0.2) is 0 Å². The second-order valence-electron chi connectivity index (χ2n) is 7.82. The Kier molecular flexibility index (Phi) is 6.14. The summed E-state index contributed by atoms with van der Waals surface area (Å²) in [6, 6.07) is 13.5. The van der Waals surface area contributed by atoms with Gasteiger partial charge in [0.25, 0.3) is 0 Å². The Morgan fingerprint density at radius 3 is 2.69 bits per heavy atom. The maximum Gasteiger partial charge on any atom is 0.224 e. The van der Waals surface area contributed by atoms with Gasteiger partial charge in [0, 0.05) is 35.8 Å². The van der Waals surface area contributed by atoms with Crippen molar-refractivity contribution in [3.05, 3.63) is 71.3 Å². The molecule has 4 rings (SSSR count). The Hall–Kier alpha value is -3.39. The predicted octanol–water partition coefficient (Wildman–Crippen LogP) is 4.56. The molecule has 1 aromatic carbocycles. The number of amides is 1. The summed E-state index contributed by atoms with van der Waals surface area (Å²) < 4.78 is 5.58. The summed E-state index contributed by atoms with van der Waals surface area (Å²) in [6.45, 7) is 5.93. The number of nitrogens with zero attached hydrogens (tertiary/aromatic N) is 2. The van der Waals surface area contributed by atoms with Crippen LogP contribution < -0.4 is 20.3 Å². The van der Waals surface area contributed by atoms with Crippen LogP contribution in [0.3, 0.4) is 0 Å². The second kappa shape index (κ2) is 9.00. The molecule has 0 aliphatic carbocycles. The molecule has 2 aromatic heterocycles. The minimum Gasteiger partial charge on any atom is -0.494 e. The van der Waals surface area contributed by atoms with E-state index in [0.29, 0.717) is 23.0 Å². The maximum atomic E-state index is 11.9. The summed E-state index contributed by atoms with van der Waals surface area (Å²) in [4.78, 5) is 22.0. The lowest BCUT2D eigenvalue weighted by Gasteiger charge is -2.28. The normalized spacial score (nSPS) is 17.9. The number of benzene rings is 1. The molecule has 166 valence electrons. The maximum absolute atomic E-state index is 11.9. The van der Waals surface area contributed by atoms with Crippen LogP contribution in [-0.2, 0) is 4.79 Å². The van der Waals surface area contributed by atoms with Crippen molar-refractivity contribution in [1.82, 2.24) is 15.3 Å². The molecule has 1 aliphatic rings. The van der Waals surface area contributed by atoms with E-state index in [1.807, 2.05) is 50.2 Å². The summed E-state index contributed by atoms with van der Waals surface area (Å²) >= 11 is 5.79. The molecule has 0 radical (unpaired) electrons. The van der Waals surface area contributed by atoms with Crippen molar-refractivity contribution in [2.24, 2.45) is 0 Å². The second-order valence-corrected chi connectivity index (χ2v) is 8.20. The first-order chi connectivity index (χ1) is 15.4. The number of carbonyl (C=O) groups is 1. The molecule has 3 N–H and O–H groups in total. The van der Waals surface area contributed by atoms with Crippen LogP contribution in [0, 0.1) is 13.8 Å². The van der Waals surface area contributed by atoms with Crippen molar-refractivity contribution in [3.63, 3.8) is 0 Å². The highest BCUT2D eigenvalue weighted by Gasteiger charge is 2.42. The molecular formula is C24H27N5O2S. The van der Waals surface area contributed by atoms with Crippen LogP contribution >= 0.6 is 12.2 Å². The summed E-state index contributed by atoms with van der Waals surface area (Å²) in [7, 11) is 1.59. The molecule has 2 atom stereocenters. The number of methoxy groups -OCH3 is 1. The van der Waals surface area contributed by atoms with Crippen LogP contribution in [0.2, 0.25) is 0 Å². The third-order valence-corrected chi connectivity index (χ3v) is 5.98. The topological polar surface area (TPSA) is 82.3 Å². The fourth-order valence-corrected chi connectivity index (χ4v) is 4.52. The van der Waals surface area contributed by atoms with Crippen LogP contribution in [0.25, 0.3) is 0 Å². The first-order valence-corrected chi connectivity index (χ1v) is 11.0. The summed E-state index contributed by atoms with van der Waals surface area (Å²) in [5.41, 5.74) is 5.74. The van der Waals surface area contributed by atoms with Gasteiger partial charge in [0.05, 0.1) is 30.6 Å². The fourth-order valence-electron chi connectivity index (χ4n) is 4.17. The van der Waals surface area contributed by atoms with E-state index >= 15 is 0 Å². The molecule has 3 aromatic rings. The summed E-state index contributed by atoms with van der Waals surface area (Å²) in [5.74, 6) is 0.509. The van der Waals surface area contributed by atoms with E-state index in [1.54, 1.807) is 13.3 Å². The zero-order chi connectivity index (χ0) is 22.8. The monoisotopic (exact) mass is 449 g/mol. The Morgan fingerprint density at radius 1 is 1.25 bits per heavy atom. The molecule has 1 saturated heterocycles. The highest BCUT2D eigenvalue weighted by Crippen LogP contribution is 2.44. The van der Waals surface area contributed by atoms with Gasteiger partial charge in [0.2, 0.25) is 5.91 Å². The number of aromatic amines is 1. The molecule has 1 aliphatic heterocycles. The van der Waals surface area contributed by atoms with Gasteiger partial charge in [-0.2, -0.15) is 0 Å². The molecule has 32 heavy (non-hydrogen) atoms. The molecule has 8 heteroatoms. The summed E-state index contributed by atoms with van der Waals surface area (Å²) in [5, 5.41) is 6.96. The van der Waals surface area contributed by atoms with Crippen molar-refractivity contribution in [3.8, 4) is 5.75 Å². The first-order valence-electron chi connectivity index (χ1n) is 10.6. The Morgan fingerprint density at radius 2 is 2.06 bits per heavy atom. The summed E-state index contributed by atoms with van der Waals surface area (Å²) in [6.07, 6.45) is 2.19. The highest BCUT2D eigenvalue weighted by molar-refractivity contribution is 7.80. The number of hydrogen-bond acceptors (Lipinski definition) is 4. The van der Waals surface area contributed by atoms with E-state index in [2.05, 4.69) is 38.5 Å². The molecule has 0 bridgehead atoms. The molecule has 0 spiro atoms. The van der Waals surface area contributed by atoms with E-state index in [0.717, 1.165) is 28.3 Å². The fraction of sp³-hybridized carbons (Fsp3) is 0.292. The lowest BCUT2D eigenvalue weighted by Crippen LogP contribution is -2.29. The average Bonchev–Trinajstić information content (AvgIpc) is 3.32. The zero-order valence-electron chi connectivity index (χ0n) is 18.6. The largest absolute Gasteiger partial charge is 0.494 e. The molecule has 2 unspecified atom stereocenters. The van der Waals surface area contributed by atoms with Crippen LogP contribution in [0.4, 0.5) is 11.4 Å². The molecular weight excluding hydrogens is 422 g/mol. The first kappa shape index (κ1) is 21.8. The Labute approximate surface area is 193 Å². The molecule has 1 fully saturated rings. The SMILES string of the molecule is CCC(=O)Nc1ccc(N2C(=S)NC(c3ccccn3)C2c2cc(C)[nH]c2C)cc1OC. The third kappa shape index (κ3) is 4.05. The van der Waals surface area contributed by atoms with Gasteiger partial charge >= 0.3 is 0 Å². The van der Waals surface area contributed by atoms with Crippen LogP contribution in [0.5, 0.6) is 5.75 Å². The molecule has 7 nitrogen and oxygen atoms in total. The average molecular weight is 450 g/mol. The van der Waals surface area contributed by atoms with Crippen LogP contribution in [0.15, 0.2) is 48.7 Å². The van der Waals surface area contributed by atoms with Crippen LogP contribution in [-0.4, -0.2) is 28.1 Å². The minimum atomic E-state index is -0.122. The van der Waals surface area contributed by atoms with Gasteiger partial charge in [-0.05, 0) is 62.0 Å². The quantitative estimate of drug-likeness (QED) is 0.479. The van der Waals surface area contributed by atoms with E-state index < -0.39 is 0 Å². The van der Waals surface area contributed by atoms with Crippen molar-refractivity contribution >= 4 is 34.6 Å². The minimum absolute atomic E-state index is 0.0686. The standard InChI is InChI=1S/C24H27N5O2S/c1-5-21(30)27-18-10-9-16(13-20(18)31-4)29-23(17-12-14(2)26-15(17)3)22(28-24(29)32)19-8-6-7-11-25-19/h6-13,22-23,26H,5H2,1-4H3,(H,27,30)(H,28,32). The number of aromatic nitrogens is 2. The van der Waals surface area contributed by atoms with E-state index in [1.165, 1.54) is 0 Å². The van der Waals surface area contributed by atoms with Gasteiger partial charge in [0.15, 0.2) is 5.11 Å². The number of nitrogens with one attached hydrogen (secondary N) is 3.